The second kappa shape index (κ2) is 14.7. The number of rotatable bonds is 6. The van der Waals surface area contributed by atoms with Gasteiger partial charge in [0.05, 0.1) is 23.8 Å². The van der Waals surface area contributed by atoms with Crippen LogP contribution >= 0.6 is 0 Å². The number of aromatic amines is 2. The average Bonchev–Trinajstić information content (AvgIpc) is 3.28. The van der Waals surface area contributed by atoms with E-state index in [4.69, 9.17) is 4.74 Å². The van der Waals surface area contributed by atoms with Crippen molar-refractivity contribution in [2.45, 2.75) is 77.2 Å². The van der Waals surface area contributed by atoms with Crippen molar-refractivity contribution in [1.82, 2.24) is 15.2 Å². The van der Waals surface area contributed by atoms with Crippen LogP contribution < -0.4 is 35.2 Å². The molecule has 2 aromatic carbocycles. The van der Waals surface area contributed by atoms with Crippen molar-refractivity contribution in [2.24, 2.45) is 0 Å². The molecule has 6 nitrogen and oxygen atoms in total. The minimum absolute atomic E-state index is 0. The quantitative estimate of drug-likeness (QED) is 0.326. The molecule has 1 aliphatic carbocycles. The van der Waals surface area contributed by atoms with Gasteiger partial charge in [0.1, 0.15) is 5.82 Å². The Morgan fingerprint density at radius 3 is 1.95 bits per heavy atom. The third-order valence-electron chi connectivity index (χ3n) is 6.92. The number of aromatic nitrogens is 3. The normalized spacial score (nSPS) is 19.7. The summed E-state index contributed by atoms with van der Waals surface area (Å²) in [5, 5.41) is 6.38. The van der Waals surface area contributed by atoms with Gasteiger partial charge in [-0.1, -0.05) is 45.2 Å². The second-order valence-electron chi connectivity index (χ2n) is 9.28. The standard InChI is InChI=1S/C25H25F6N3O2.2CH4.Na.H2O/c1-15(17-11-19(24(26,27)28)13-20(12-17)25(29,30)31)36-14-23(18-5-3-2-4-6-18)9-7-16(8-10-23)21-32-22(35)34-33-21;;;;/h2-6,11-13,15-16H,7-10,14H2,1H3,(H2,32,33,34,35);2*1H4;;1H2/q;;;+1;/p-1/t15-,16?,23?;;;;/m1..../s1. The van der Waals surface area contributed by atoms with Crippen LogP contribution in [-0.4, -0.2) is 27.3 Å². The molecule has 0 spiro atoms. The van der Waals surface area contributed by atoms with Crippen molar-refractivity contribution >= 4 is 0 Å². The van der Waals surface area contributed by atoms with Gasteiger partial charge in [-0.2, -0.15) is 31.4 Å². The van der Waals surface area contributed by atoms with E-state index in [1.165, 1.54) is 6.92 Å². The zero-order valence-corrected chi connectivity index (χ0v) is 22.8. The number of hydrogen-bond donors (Lipinski definition) is 2. The van der Waals surface area contributed by atoms with Crippen LogP contribution in [0.5, 0.6) is 0 Å². The molecular weight excluding hydrogens is 551 g/mol. The summed E-state index contributed by atoms with van der Waals surface area (Å²) in [6, 6.07) is 11.0. The number of nitrogens with one attached hydrogen (secondary N) is 2. The van der Waals surface area contributed by atoms with Crippen molar-refractivity contribution in [2.75, 3.05) is 6.61 Å². The number of H-pyrrole nitrogens is 2. The van der Waals surface area contributed by atoms with Gasteiger partial charge in [-0.05, 0) is 61.9 Å². The molecule has 0 amide bonds. The molecule has 218 valence electrons. The summed E-state index contributed by atoms with van der Waals surface area (Å²) >= 11 is 0. The summed E-state index contributed by atoms with van der Waals surface area (Å²) < 4.78 is 85.8. The van der Waals surface area contributed by atoms with Gasteiger partial charge in [-0.25, -0.2) is 9.89 Å². The fourth-order valence-corrected chi connectivity index (χ4v) is 4.82. The number of ether oxygens (including phenoxy) is 1. The Hall–Kier alpha value is -2.12. The molecule has 0 aliphatic heterocycles. The first-order valence-electron chi connectivity index (χ1n) is 11.5. The Labute approximate surface area is 251 Å². The fraction of sp³-hybridized carbons (Fsp3) is 0.481. The molecule has 3 N–H and O–H groups in total. The molecule has 0 radical (unpaired) electrons. The molecule has 1 atom stereocenters. The van der Waals surface area contributed by atoms with E-state index in [0.29, 0.717) is 43.6 Å². The fourth-order valence-electron chi connectivity index (χ4n) is 4.82. The molecule has 1 aliphatic rings. The predicted octanol–water partition coefficient (Wildman–Crippen LogP) is 4.61. The Morgan fingerprint density at radius 1 is 0.975 bits per heavy atom. The Kier molecular flexibility index (Phi) is 13.9. The van der Waals surface area contributed by atoms with Crippen LogP contribution in [0.4, 0.5) is 26.3 Å². The smallest absolute Gasteiger partial charge is 0.870 e. The summed E-state index contributed by atoms with van der Waals surface area (Å²) in [6.45, 7) is 1.56. The molecular formula is C27H34F6N3NaO3. The van der Waals surface area contributed by atoms with Crippen LogP contribution in [0.3, 0.4) is 0 Å². The van der Waals surface area contributed by atoms with Crippen LogP contribution in [0.2, 0.25) is 0 Å². The first-order chi connectivity index (χ1) is 16.9. The van der Waals surface area contributed by atoms with E-state index in [2.05, 4.69) is 15.2 Å². The Morgan fingerprint density at radius 2 is 1.50 bits per heavy atom. The monoisotopic (exact) mass is 585 g/mol. The van der Waals surface area contributed by atoms with Gasteiger partial charge in [-0.3, -0.25) is 4.98 Å². The van der Waals surface area contributed by atoms with Gasteiger partial charge in [0.2, 0.25) is 0 Å². The summed E-state index contributed by atoms with van der Waals surface area (Å²) in [5.41, 5.74) is -2.82. The van der Waals surface area contributed by atoms with E-state index in [1.807, 2.05) is 30.3 Å². The first kappa shape index (κ1) is 37.9. The minimum Gasteiger partial charge on any atom is -0.870 e. The Balaban J connectivity index is 0.00000380. The molecule has 3 aromatic rings. The molecule has 13 heteroatoms. The van der Waals surface area contributed by atoms with Crippen molar-refractivity contribution in [3.63, 3.8) is 0 Å². The van der Waals surface area contributed by atoms with Crippen molar-refractivity contribution < 1.29 is 66.1 Å². The summed E-state index contributed by atoms with van der Waals surface area (Å²) in [5.74, 6) is 0.593. The summed E-state index contributed by atoms with van der Waals surface area (Å²) in [4.78, 5) is 14.1. The predicted molar refractivity (Wildman–Crippen MR) is 135 cm³/mol. The van der Waals surface area contributed by atoms with E-state index in [1.54, 1.807) is 0 Å². The van der Waals surface area contributed by atoms with Gasteiger partial charge in [0, 0.05) is 11.3 Å². The maximum absolute atomic E-state index is 13.3. The summed E-state index contributed by atoms with van der Waals surface area (Å²) in [6.07, 6.45) is -8.22. The molecule has 0 unspecified atom stereocenters. The van der Waals surface area contributed by atoms with E-state index >= 15 is 0 Å². The number of hydrogen-bond acceptors (Lipinski definition) is 4. The number of halogens is 6. The molecule has 0 bridgehead atoms. The Bertz CT molecular complexity index is 1200. The van der Waals surface area contributed by atoms with Crippen LogP contribution in [0, 0.1) is 0 Å². The zero-order chi connectivity index (χ0) is 26.1. The van der Waals surface area contributed by atoms with E-state index in [0.717, 1.165) is 5.56 Å². The second-order valence-corrected chi connectivity index (χ2v) is 9.28. The molecule has 1 heterocycles. The van der Waals surface area contributed by atoms with Crippen LogP contribution in [0.15, 0.2) is 53.3 Å². The van der Waals surface area contributed by atoms with Gasteiger partial charge in [0.15, 0.2) is 0 Å². The maximum atomic E-state index is 13.3. The topological polar surface area (TPSA) is 101 Å². The average molecular weight is 586 g/mol. The van der Waals surface area contributed by atoms with Gasteiger partial charge < -0.3 is 10.2 Å². The van der Waals surface area contributed by atoms with Gasteiger partial charge in [-0.15, -0.1) is 0 Å². The van der Waals surface area contributed by atoms with Crippen LogP contribution in [0.25, 0.3) is 0 Å². The molecule has 0 saturated heterocycles. The third-order valence-corrected chi connectivity index (χ3v) is 6.92. The minimum atomic E-state index is -4.92. The number of alkyl halides is 6. The van der Waals surface area contributed by atoms with Crippen LogP contribution in [-0.2, 0) is 22.5 Å². The molecule has 40 heavy (non-hydrogen) atoms. The first-order valence-corrected chi connectivity index (χ1v) is 11.5. The molecule has 1 aromatic heterocycles. The van der Waals surface area contributed by atoms with Crippen molar-refractivity contribution in [3.05, 3.63) is 87.1 Å². The van der Waals surface area contributed by atoms with E-state index < -0.39 is 35.0 Å². The van der Waals surface area contributed by atoms with Gasteiger partial charge >= 0.3 is 47.6 Å². The maximum Gasteiger partial charge on any atom is 1.00 e. The summed E-state index contributed by atoms with van der Waals surface area (Å²) in [7, 11) is 0. The van der Waals surface area contributed by atoms with E-state index in [9.17, 15) is 31.1 Å². The van der Waals surface area contributed by atoms with E-state index in [-0.39, 0.29) is 79.7 Å². The number of nitrogens with zero attached hydrogens (tertiary/aromatic N) is 1. The van der Waals surface area contributed by atoms with Gasteiger partial charge in [0.25, 0.3) is 0 Å². The molecule has 4 rings (SSSR count). The SMILES string of the molecule is C.C.C[C@@H](OCC1(c2ccccc2)CCC(c2n[nH]c(=O)[nH]2)CC1)c1cc(C(F)(F)F)cc(C(F)(F)F)c1.[Na+].[OH-]. The van der Waals surface area contributed by atoms with Crippen LogP contribution in [0.1, 0.15) is 87.6 Å². The van der Waals surface area contributed by atoms with Crippen molar-refractivity contribution in [3.8, 4) is 0 Å². The molecule has 1 fully saturated rings. The molecule has 1 saturated carbocycles. The largest absolute Gasteiger partial charge is 1.00 e. The van der Waals surface area contributed by atoms with Crippen molar-refractivity contribution in [1.29, 1.82) is 0 Å². The number of benzene rings is 2. The zero-order valence-electron chi connectivity index (χ0n) is 20.8. The third kappa shape index (κ3) is 8.69.